The van der Waals surface area contributed by atoms with Crippen LogP contribution in [0.4, 0.5) is 0 Å². The van der Waals surface area contributed by atoms with E-state index in [4.69, 9.17) is 15.9 Å². The van der Waals surface area contributed by atoms with Gasteiger partial charge in [0.05, 0.1) is 6.54 Å². The van der Waals surface area contributed by atoms with Crippen molar-refractivity contribution in [1.29, 1.82) is 0 Å². The largest absolute Gasteiger partial charge is 0.486 e. The number of fused-ring (bicyclic) bond motifs is 1. The minimum atomic E-state index is 0.373. The second-order valence-electron chi connectivity index (χ2n) is 4.70. The maximum Gasteiger partial charge on any atom is 0.166 e. The molecule has 3 rings (SSSR count). The van der Waals surface area contributed by atoms with Crippen molar-refractivity contribution in [2.24, 2.45) is 0 Å². The van der Waals surface area contributed by atoms with E-state index in [9.17, 15) is 0 Å². The summed E-state index contributed by atoms with van der Waals surface area (Å²) in [7, 11) is 0. The molecule has 0 amide bonds. The van der Waals surface area contributed by atoms with Crippen molar-refractivity contribution >= 4 is 0 Å². The van der Waals surface area contributed by atoms with Crippen LogP contribution in [0.2, 0.25) is 0 Å². The molecule has 0 N–H and O–H groups in total. The number of hydrogen-bond acceptors (Lipinski definition) is 3. The number of nitrogens with zero attached hydrogens (tertiary/aromatic N) is 1. The van der Waals surface area contributed by atoms with Crippen molar-refractivity contribution in [2.75, 3.05) is 26.3 Å². The summed E-state index contributed by atoms with van der Waals surface area (Å²) >= 11 is 0. The highest BCUT2D eigenvalue weighted by atomic mass is 16.6. The minimum Gasteiger partial charge on any atom is -0.486 e. The summed E-state index contributed by atoms with van der Waals surface area (Å²) in [5.74, 6) is 4.52. The van der Waals surface area contributed by atoms with Crippen molar-refractivity contribution in [2.45, 2.75) is 18.9 Å². The summed E-state index contributed by atoms with van der Waals surface area (Å²) in [6, 6.07) is 6.51. The van der Waals surface area contributed by atoms with E-state index in [1.165, 1.54) is 12.0 Å². The summed E-state index contributed by atoms with van der Waals surface area (Å²) in [6.07, 6.45) is 7.77. The third kappa shape index (κ3) is 1.93. The van der Waals surface area contributed by atoms with Crippen molar-refractivity contribution in [3.05, 3.63) is 23.8 Å². The lowest BCUT2D eigenvalue weighted by molar-refractivity contribution is 0.165. The van der Waals surface area contributed by atoms with Crippen LogP contribution < -0.4 is 9.47 Å². The smallest absolute Gasteiger partial charge is 0.166 e. The minimum absolute atomic E-state index is 0.373. The van der Waals surface area contributed by atoms with Gasteiger partial charge in [-0.1, -0.05) is 18.1 Å². The van der Waals surface area contributed by atoms with Crippen LogP contribution in [0.15, 0.2) is 18.2 Å². The predicted octanol–water partition coefficient (Wildman–Crippen LogP) is 2.23. The number of hydrogen-bond donors (Lipinski definition) is 0. The first-order chi connectivity index (χ1) is 8.90. The molecule has 2 aliphatic heterocycles. The Hall–Kier alpha value is -1.66. The van der Waals surface area contributed by atoms with Crippen LogP contribution in [0.3, 0.4) is 0 Å². The molecule has 0 spiro atoms. The van der Waals surface area contributed by atoms with Crippen molar-refractivity contribution in [1.82, 2.24) is 4.90 Å². The molecule has 3 heteroatoms. The Morgan fingerprint density at radius 2 is 2.22 bits per heavy atom. The molecular weight excluding hydrogens is 226 g/mol. The Balaban J connectivity index is 1.94. The van der Waals surface area contributed by atoms with Gasteiger partial charge in [-0.25, -0.2) is 0 Å². The first kappa shape index (κ1) is 11.4. The van der Waals surface area contributed by atoms with Crippen LogP contribution in [0.5, 0.6) is 11.5 Å². The van der Waals surface area contributed by atoms with Gasteiger partial charge in [-0.2, -0.15) is 0 Å². The van der Waals surface area contributed by atoms with E-state index in [-0.39, 0.29) is 0 Å². The number of rotatable bonds is 2. The van der Waals surface area contributed by atoms with Crippen LogP contribution >= 0.6 is 0 Å². The Morgan fingerprint density at radius 1 is 1.33 bits per heavy atom. The van der Waals surface area contributed by atoms with Gasteiger partial charge >= 0.3 is 0 Å². The fraction of sp³-hybridized carbons (Fsp3) is 0.467. The van der Waals surface area contributed by atoms with E-state index in [0.717, 1.165) is 24.5 Å². The Bertz CT molecular complexity index is 478. The highest BCUT2D eigenvalue weighted by Gasteiger charge is 2.29. The van der Waals surface area contributed by atoms with Crippen LogP contribution in [0, 0.1) is 12.3 Å². The predicted molar refractivity (Wildman–Crippen MR) is 69.8 cm³/mol. The summed E-state index contributed by atoms with van der Waals surface area (Å²) in [4.78, 5) is 2.34. The molecule has 18 heavy (non-hydrogen) atoms. The van der Waals surface area contributed by atoms with Gasteiger partial charge in [0.25, 0.3) is 0 Å². The number of benzene rings is 1. The van der Waals surface area contributed by atoms with E-state index in [2.05, 4.69) is 16.9 Å². The molecule has 1 aromatic carbocycles. The monoisotopic (exact) mass is 243 g/mol. The van der Waals surface area contributed by atoms with Crippen molar-refractivity contribution < 1.29 is 9.47 Å². The van der Waals surface area contributed by atoms with E-state index >= 15 is 0 Å². The molecule has 0 aliphatic carbocycles. The first-order valence-corrected chi connectivity index (χ1v) is 6.46. The maximum atomic E-state index is 5.79. The Labute approximate surface area is 108 Å². The van der Waals surface area contributed by atoms with Gasteiger partial charge in [-0.05, 0) is 25.5 Å². The van der Waals surface area contributed by atoms with Gasteiger partial charge in [0.1, 0.15) is 13.2 Å². The summed E-state index contributed by atoms with van der Waals surface area (Å²) < 4.78 is 11.4. The van der Waals surface area contributed by atoms with E-state index in [1.807, 2.05) is 12.1 Å². The molecule has 1 fully saturated rings. The highest BCUT2D eigenvalue weighted by molar-refractivity contribution is 5.49. The topological polar surface area (TPSA) is 21.7 Å². The first-order valence-electron chi connectivity index (χ1n) is 6.46. The van der Waals surface area contributed by atoms with Crippen LogP contribution in [0.1, 0.15) is 24.4 Å². The molecule has 3 nitrogen and oxygen atoms in total. The van der Waals surface area contributed by atoms with Gasteiger partial charge < -0.3 is 9.47 Å². The molecule has 1 atom stereocenters. The lowest BCUT2D eigenvalue weighted by Crippen LogP contribution is -2.25. The second-order valence-corrected chi connectivity index (χ2v) is 4.70. The second kappa shape index (κ2) is 4.91. The SMILES string of the molecule is C#CCN1CCC[C@@H]1c1cccc2c1OCCO2. The van der Waals surface area contributed by atoms with Gasteiger partial charge in [0.2, 0.25) is 0 Å². The third-order valence-electron chi connectivity index (χ3n) is 3.61. The summed E-state index contributed by atoms with van der Waals surface area (Å²) in [5, 5.41) is 0. The van der Waals surface area contributed by atoms with Gasteiger partial charge in [0, 0.05) is 11.6 Å². The molecule has 1 saturated heterocycles. The Morgan fingerprint density at radius 3 is 3.11 bits per heavy atom. The lowest BCUT2D eigenvalue weighted by atomic mass is 10.0. The zero-order valence-corrected chi connectivity index (χ0v) is 10.4. The van der Waals surface area contributed by atoms with Crippen LogP contribution in [-0.4, -0.2) is 31.2 Å². The lowest BCUT2D eigenvalue weighted by Gasteiger charge is -2.27. The fourth-order valence-corrected chi connectivity index (χ4v) is 2.84. The average molecular weight is 243 g/mol. The molecule has 0 bridgehead atoms. The van der Waals surface area contributed by atoms with Crippen molar-refractivity contribution in [3.63, 3.8) is 0 Å². The number of likely N-dealkylation sites (tertiary alicyclic amines) is 1. The molecule has 0 radical (unpaired) electrons. The molecular formula is C15H17NO2. The summed E-state index contributed by atoms with van der Waals surface area (Å²) in [5.41, 5.74) is 1.22. The molecule has 94 valence electrons. The molecule has 2 heterocycles. The van der Waals surface area contributed by atoms with Crippen LogP contribution in [-0.2, 0) is 0 Å². The maximum absolute atomic E-state index is 5.79. The van der Waals surface area contributed by atoms with Gasteiger partial charge in [-0.15, -0.1) is 6.42 Å². The normalized spacial score (nSPS) is 22.7. The van der Waals surface area contributed by atoms with Crippen LogP contribution in [0.25, 0.3) is 0 Å². The molecule has 2 aliphatic rings. The zero-order valence-electron chi connectivity index (χ0n) is 10.4. The molecule has 1 aromatic rings. The van der Waals surface area contributed by atoms with Crippen molar-refractivity contribution in [3.8, 4) is 23.8 Å². The highest BCUT2D eigenvalue weighted by Crippen LogP contribution is 2.42. The quantitative estimate of drug-likeness (QED) is 0.743. The zero-order chi connectivity index (χ0) is 12.4. The Kier molecular flexibility index (Phi) is 3.12. The van der Waals surface area contributed by atoms with E-state index in [0.29, 0.717) is 25.8 Å². The molecule has 0 unspecified atom stereocenters. The molecule has 0 aromatic heterocycles. The van der Waals surface area contributed by atoms with Gasteiger partial charge in [-0.3, -0.25) is 4.90 Å². The number of terminal acetylenes is 1. The van der Waals surface area contributed by atoms with Gasteiger partial charge in [0.15, 0.2) is 11.5 Å². The third-order valence-corrected chi connectivity index (χ3v) is 3.61. The molecule has 0 saturated carbocycles. The fourth-order valence-electron chi connectivity index (χ4n) is 2.84. The van der Waals surface area contributed by atoms with E-state index < -0.39 is 0 Å². The summed E-state index contributed by atoms with van der Waals surface area (Å²) in [6.45, 7) is 3.04. The van der Waals surface area contributed by atoms with E-state index in [1.54, 1.807) is 0 Å². The number of para-hydroxylation sites is 1. The average Bonchev–Trinajstić information content (AvgIpc) is 2.87. The number of ether oxygens (including phenoxy) is 2. The standard InChI is InChI=1S/C15H17NO2/c1-2-8-16-9-4-6-13(16)12-5-3-7-14-15(12)18-11-10-17-14/h1,3,5,7,13H,4,6,8-11H2/t13-/m1/s1.